The minimum absolute atomic E-state index is 0.554. The summed E-state index contributed by atoms with van der Waals surface area (Å²) in [4.78, 5) is 10.8. The van der Waals surface area contributed by atoms with E-state index in [0.29, 0.717) is 5.92 Å². The van der Waals surface area contributed by atoms with E-state index in [1.54, 1.807) is 0 Å². The Morgan fingerprint density at radius 1 is 1.57 bits per heavy atom. The molecule has 0 aliphatic rings. The van der Waals surface area contributed by atoms with E-state index in [4.69, 9.17) is 0 Å². The Bertz CT molecular complexity index is 328. The molecule has 0 bridgehead atoms. The van der Waals surface area contributed by atoms with Crippen LogP contribution in [0, 0.1) is 5.92 Å². The second-order valence-electron chi connectivity index (χ2n) is 3.84. The van der Waals surface area contributed by atoms with Crippen LogP contribution in [0.2, 0.25) is 0 Å². The molecule has 1 aromatic rings. The first kappa shape index (κ1) is 11.5. The molecule has 0 fully saturated rings. The molecule has 2 nitrogen and oxygen atoms in total. The zero-order valence-corrected chi connectivity index (χ0v) is 10.5. The lowest BCUT2D eigenvalue weighted by atomic mass is 10.2. The molecule has 0 atom stereocenters. The van der Waals surface area contributed by atoms with Crippen LogP contribution in [0.4, 0.5) is 0 Å². The number of carbonyl (C=O) groups is 1. The molecule has 0 unspecified atom stereocenters. The SMILES string of the molecule is CCc1c(Br)cc(C=O)n1CC(C)C. The molecule has 0 saturated carbocycles. The molecule has 0 radical (unpaired) electrons. The Morgan fingerprint density at radius 3 is 2.64 bits per heavy atom. The lowest BCUT2D eigenvalue weighted by molar-refractivity contribution is 0.111. The summed E-state index contributed by atoms with van der Waals surface area (Å²) >= 11 is 3.48. The van der Waals surface area contributed by atoms with Gasteiger partial charge in [0.2, 0.25) is 0 Å². The minimum atomic E-state index is 0.554. The summed E-state index contributed by atoms with van der Waals surface area (Å²) in [7, 11) is 0. The van der Waals surface area contributed by atoms with Crippen molar-refractivity contribution in [2.24, 2.45) is 5.92 Å². The Balaban J connectivity index is 3.13. The van der Waals surface area contributed by atoms with Crippen LogP contribution in [0.5, 0.6) is 0 Å². The lowest BCUT2D eigenvalue weighted by Gasteiger charge is -2.12. The number of halogens is 1. The predicted octanol–water partition coefficient (Wildman–Crippen LogP) is 3.28. The molecule has 0 N–H and O–H groups in total. The molecule has 1 rings (SSSR count). The van der Waals surface area contributed by atoms with Gasteiger partial charge in [0, 0.05) is 16.7 Å². The Labute approximate surface area is 93.4 Å². The topological polar surface area (TPSA) is 22.0 Å². The Morgan fingerprint density at radius 2 is 2.21 bits per heavy atom. The maximum Gasteiger partial charge on any atom is 0.166 e. The van der Waals surface area contributed by atoms with Gasteiger partial charge in [-0.1, -0.05) is 20.8 Å². The molecule has 0 aliphatic heterocycles. The van der Waals surface area contributed by atoms with Gasteiger partial charge in [-0.2, -0.15) is 0 Å². The van der Waals surface area contributed by atoms with Gasteiger partial charge >= 0.3 is 0 Å². The van der Waals surface area contributed by atoms with Gasteiger partial charge in [-0.3, -0.25) is 4.79 Å². The summed E-state index contributed by atoms with van der Waals surface area (Å²) in [6, 6.07) is 1.90. The minimum Gasteiger partial charge on any atom is -0.341 e. The number of hydrogen-bond donors (Lipinski definition) is 0. The van der Waals surface area contributed by atoms with Crippen molar-refractivity contribution in [2.45, 2.75) is 33.7 Å². The summed E-state index contributed by atoms with van der Waals surface area (Å²) in [5, 5.41) is 0. The highest BCUT2D eigenvalue weighted by Crippen LogP contribution is 2.22. The first-order chi connectivity index (χ1) is 6.60. The second-order valence-corrected chi connectivity index (χ2v) is 4.69. The monoisotopic (exact) mass is 257 g/mol. The van der Waals surface area contributed by atoms with E-state index in [2.05, 4.69) is 41.3 Å². The molecule has 0 aromatic carbocycles. The van der Waals surface area contributed by atoms with Crippen LogP contribution >= 0.6 is 15.9 Å². The first-order valence-corrected chi connectivity index (χ1v) is 5.72. The average molecular weight is 258 g/mol. The van der Waals surface area contributed by atoms with Crippen molar-refractivity contribution >= 4 is 22.2 Å². The van der Waals surface area contributed by atoms with Gasteiger partial charge in [0.1, 0.15) is 0 Å². The van der Waals surface area contributed by atoms with Crippen LogP contribution in [0.3, 0.4) is 0 Å². The third-order valence-electron chi connectivity index (χ3n) is 2.19. The molecule has 1 aromatic heterocycles. The average Bonchev–Trinajstić information content (AvgIpc) is 2.41. The van der Waals surface area contributed by atoms with Crippen LogP contribution in [-0.2, 0) is 13.0 Å². The quantitative estimate of drug-likeness (QED) is 0.759. The van der Waals surface area contributed by atoms with Gasteiger partial charge in [-0.25, -0.2) is 0 Å². The van der Waals surface area contributed by atoms with Crippen LogP contribution < -0.4 is 0 Å². The van der Waals surface area contributed by atoms with Crippen molar-refractivity contribution in [3.63, 3.8) is 0 Å². The van der Waals surface area contributed by atoms with Crippen LogP contribution in [-0.4, -0.2) is 10.9 Å². The van der Waals surface area contributed by atoms with Crippen molar-refractivity contribution in [1.82, 2.24) is 4.57 Å². The standard InChI is InChI=1S/C11H16BrNO/c1-4-11-10(12)5-9(7-14)13(11)6-8(2)3/h5,7-8H,4,6H2,1-3H3. The molecule has 0 aliphatic carbocycles. The van der Waals surface area contributed by atoms with Gasteiger partial charge in [0.15, 0.2) is 6.29 Å². The Hall–Kier alpha value is -0.570. The van der Waals surface area contributed by atoms with Crippen molar-refractivity contribution < 1.29 is 4.79 Å². The normalized spacial score (nSPS) is 10.9. The van der Waals surface area contributed by atoms with Gasteiger partial charge in [-0.05, 0) is 34.3 Å². The van der Waals surface area contributed by atoms with E-state index in [9.17, 15) is 4.79 Å². The van der Waals surface area contributed by atoms with Crippen LogP contribution in [0.25, 0.3) is 0 Å². The second kappa shape index (κ2) is 4.78. The van der Waals surface area contributed by atoms with Gasteiger partial charge < -0.3 is 4.57 Å². The molecular formula is C11H16BrNO. The van der Waals surface area contributed by atoms with Gasteiger partial charge in [-0.15, -0.1) is 0 Å². The molecule has 3 heteroatoms. The van der Waals surface area contributed by atoms with Crippen LogP contribution in [0.1, 0.15) is 37.0 Å². The summed E-state index contributed by atoms with van der Waals surface area (Å²) in [5.74, 6) is 0.554. The summed E-state index contributed by atoms with van der Waals surface area (Å²) in [6.45, 7) is 7.32. The van der Waals surface area contributed by atoms with E-state index < -0.39 is 0 Å². The predicted molar refractivity (Wildman–Crippen MR) is 61.7 cm³/mol. The summed E-state index contributed by atoms with van der Waals surface area (Å²) in [5.41, 5.74) is 1.98. The highest BCUT2D eigenvalue weighted by molar-refractivity contribution is 9.10. The fraction of sp³-hybridized carbons (Fsp3) is 0.545. The highest BCUT2D eigenvalue weighted by Gasteiger charge is 2.12. The molecule has 14 heavy (non-hydrogen) atoms. The van der Waals surface area contributed by atoms with Crippen molar-refractivity contribution in [1.29, 1.82) is 0 Å². The number of aromatic nitrogens is 1. The molecule has 0 spiro atoms. The van der Waals surface area contributed by atoms with Gasteiger partial charge in [0.05, 0.1) is 5.69 Å². The number of rotatable bonds is 4. The molecule has 1 heterocycles. The maximum absolute atomic E-state index is 10.8. The number of aldehydes is 1. The maximum atomic E-state index is 10.8. The third-order valence-corrected chi connectivity index (χ3v) is 2.88. The number of nitrogens with zero attached hydrogens (tertiary/aromatic N) is 1. The smallest absolute Gasteiger partial charge is 0.166 e. The van der Waals surface area contributed by atoms with Crippen LogP contribution in [0.15, 0.2) is 10.5 Å². The largest absolute Gasteiger partial charge is 0.341 e. The van der Waals surface area contributed by atoms with E-state index in [1.807, 2.05) is 6.07 Å². The number of carbonyl (C=O) groups excluding carboxylic acids is 1. The zero-order chi connectivity index (χ0) is 10.7. The van der Waals surface area contributed by atoms with Crippen molar-refractivity contribution in [2.75, 3.05) is 0 Å². The van der Waals surface area contributed by atoms with Crippen molar-refractivity contribution in [3.8, 4) is 0 Å². The highest BCUT2D eigenvalue weighted by atomic mass is 79.9. The third kappa shape index (κ3) is 2.27. The number of hydrogen-bond acceptors (Lipinski definition) is 1. The zero-order valence-electron chi connectivity index (χ0n) is 8.88. The van der Waals surface area contributed by atoms with E-state index in [-0.39, 0.29) is 0 Å². The summed E-state index contributed by atoms with van der Waals surface area (Å²) < 4.78 is 3.14. The molecule has 0 saturated heterocycles. The molecular weight excluding hydrogens is 242 g/mol. The van der Waals surface area contributed by atoms with E-state index in [0.717, 1.165) is 29.4 Å². The fourth-order valence-corrected chi connectivity index (χ4v) is 2.34. The Kier molecular flexibility index (Phi) is 3.93. The first-order valence-electron chi connectivity index (χ1n) is 4.93. The van der Waals surface area contributed by atoms with E-state index in [1.165, 1.54) is 5.69 Å². The molecule has 0 amide bonds. The lowest BCUT2D eigenvalue weighted by Crippen LogP contribution is -2.10. The molecule has 78 valence electrons. The van der Waals surface area contributed by atoms with Gasteiger partial charge in [0.25, 0.3) is 0 Å². The van der Waals surface area contributed by atoms with E-state index >= 15 is 0 Å². The summed E-state index contributed by atoms with van der Waals surface area (Å²) in [6.07, 6.45) is 1.87. The van der Waals surface area contributed by atoms with Crippen molar-refractivity contribution in [3.05, 3.63) is 21.9 Å². The fourth-order valence-electron chi connectivity index (χ4n) is 1.61.